The van der Waals surface area contributed by atoms with Gasteiger partial charge in [0.05, 0.1) is 5.75 Å². The number of rotatable bonds is 4. The zero-order chi connectivity index (χ0) is 14.5. The minimum atomic E-state index is -0.958. The third-order valence-corrected chi connectivity index (χ3v) is 3.70. The van der Waals surface area contributed by atoms with Crippen molar-refractivity contribution in [1.29, 1.82) is 0 Å². The second-order valence-corrected chi connectivity index (χ2v) is 6.21. The number of carbonyl (C=O) groups is 1. The number of anilines is 1. The molecule has 0 heterocycles. The summed E-state index contributed by atoms with van der Waals surface area (Å²) in [5.41, 5.74) is 2.07. The van der Waals surface area contributed by atoms with E-state index in [0.717, 1.165) is 5.56 Å². The Morgan fingerprint density at radius 1 is 1.15 bits per heavy atom. The minimum absolute atomic E-state index is 0.212. The zero-order valence-corrected chi connectivity index (χ0v) is 12.5. The fourth-order valence-electron chi connectivity index (χ4n) is 1.78. The van der Waals surface area contributed by atoms with Crippen LogP contribution in [0.5, 0.6) is 0 Å². The Morgan fingerprint density at radius 3 is 2.45 bits per heavy atom. The lowest BCUT2D eigenvalue weighted by atomic mass is 10.1. The van der Waals surface area contributed by atoms with Crippen LogP contribution in [-0.2, 0) is 16.6 Å². The minimum Gasteiger partial charge on any atom is -0.322 e. The Morgan fingerprint density at radius 2 is 1.80 bits per heavy atom. The highest BCUT2D eigenvalue weighted by Gasteiger charge is 2.09. The van der Waals surface area contributed by atoms with Crippen LogP contribution in [0.25, 0.3) is 0 Å². The Bertz CT molecular complexity index is 641. The number of hydrogen-bond acceptors (Lipinski definition) is 2. The Balaban J connectivity index is 2.19. The molecule has 1 amide bonds. The highest BCUT2D eigenvalue weighted by Crippen LogP contribution is 2.18. The molecular weight excluding hydrogens is 294 g/mol. The van der Waals surface area contributed by atoms with Crippen molar-refractivity contribution in [2.24, 2.45) is 0 Å². The van der Waals surface area contributed by atoms with Gasteiger partial charge in [-0.15, -0.1) is 0 Å². The molecule has 0 aliphatic rings. The summed E-state index contributed by atoms with van der Waals surface area (Å²) >= 11 is 5.79. The SMILES string of the molecule is CS(=O)Cc1ccccc1NC(=O)c1ccc(Cl)cc1. The molecule has 0 aliphatic heterocycles. The van der Waals surface area contributed by atoms with Crippen LogP contribution >= 0.6 is 11.6 Å². The van der Waals surface area contributed by atoms with Crippen molar-refractivity contribution in [2.45, 2.75) is 5.75 Å². The molecule has 2 rings (SSSR count). The number of halogens is 1. The first-order valence-electron chi connectivity index (χ1n) is 6.01. The molecule has 2 aromatic rings. The average Bonchev–Trinajstić information content (AvgIpc) is 2.41. The standard InChI is InChI=1S/C15H14ClNO2S/c1-20(19)10-12-4-2-3-5-14(12)17-15(18)11-6-8-13(16)9-7-11/h2-9H,10H2,1H3,(H,17,18). The van der Waals surface area contributed by atoms with Crippen LogP contribution in [-0.4, -0.2) is 16.4 Å². The Kier molecular flexibility index (Phi) is 4.93. The number of nitrogens with one attached hydrogen (secondary N) is 1. The summed E-state index contributed by atoms with van der Waals surface area (Å²) in [4.78, 5) is 12.1. The summed E-state index contributed by atoms with van der Waals surface area (Å²) in [5.74, 6) is 0.202. The number of hydrogen-bond donors (Lipinski definition) is 1. The van der Waals surface area contributed by atoms with Gasteiger partial charge in [0.1, 0.15) is 0 Å². The van der Waals surface area contributed by atoms with Crippen LogP contribution in [0.4, 0.5) is 5.69 Å². The molecule has 0 spiro atoms. The lowest BCUT2D eigenvalue weighted by Gasteiger charge is -2.10. The summed E-state index contributed by atoms with van der Waals surface area (Å²) in [6.07, 6.45) is 1.64. The number of carbonyl (C=O) groups excluding carboxylic acids is 1. The zero-order valence-electron chi connectivity index (χ0n) is 10.9. The maximum Gasteiger partial charge on any atom is 0.255 e. The normalized spacial score (nSPS) is 11.9. The molecule has 20 heavy (non-hydrogen) atoms. The monoisotopic (exact) mass is 307 g/mol. The van der Waals surface area contributed by atoms with Gasteiger partial charge in [0.25, 0.3) is 5.91 Å². The van der Waals surface area contributed by atoms with Gasteiger partial charge in [0.15, 0.2) is 0 Å². The van der Waals surface area contributed by atoms with Crippen molar-refractivity contribution in [3.05, 3.63) is 64.7 Å². The first-order chi connectivity index (χ1) is 9.56. The van der Waals surface area contributed by atoms with Gasteiger partial charge in [-0.3, -0.25) is 9.00 Å². The topological polar surface area (TPSA) is 46.2 Å². The molecule has 5 heteroatoms. The summed E-state index contributed by atoms with van der Waals surface area (Å²) in [6, 6.07) is 14.0. The van der Waals surface area contributed by atoms with E-state index in [1.807, 2.05) is 18.2 Å². The highest BCUT2D eigenvalue weighted by molar-refractivity contribution is 7.83. The molecule has 3 nitrogen and oxygen atoms in total. The molecule has 1 atom stereocenters. The third kappa shape index (κ3) is 3.92. The van der Waals surface area contributed by atoms with Crippen LogP contribution in [0.15, 0.2) is 48.5 Å². The molecule has 0 bridgehead atoms. The average molecular weight is 308 g/mol. The van der Waals surface area contributed by atoms with Crippen molar-refractivity contribution < 1.29 is 9.00 Å². The van der Waals surface area contributed by atoms with E-state index in [4.69, 9.17) is 11.6 Å². The van der Waals surface area contributed by atoms with E-state index >= 15 is 0 Å². The van der Waals surface area contributed by atoms with Gasteiger partial charge in [-0.1, -0.05) is 29.8 Å². The molecule has 1 N–H and O–H groups in total. The van der Waals surface area contributed by atoms with Gasteiger partial charge in [0.2, 0.25) is 0 Å². The third-order valence-electron chi connectivity index (χ3n) is 2.73. The molecule has 0 saturated carbocycles. The fourth-order valence-corrected chi connectivity index (χ4v) is 2.60. The maximum atomic E-state index is 12.1. The van der Waals surface area contributed by atoms with E-state index < -0.39 is 10.8 Å². The van der Waals surface area contributed by atoms with E-state index in [0.29, 0.717) is 22.0 Å². The van der Waals surface area contributed by atoms with E-state index in [2.05, 4.69) is 5.32 Å². The van der Waals surface area contributed by atoms with Crippen molar-refractivity contribution >= 4 is 34.0 Å². The van der Waals surface area contributed by atoms with Gasteiger partial charge in [-0.05, 0) is 35.9 Å². The van der Waals surface area contributed by atoms with Gasteiger partial charge in [-0.2, -0.15) is 0 Å². The second-order valence-electron chi connectivity index (χ2n) is 4.34. The molecule has 0 radical (unpaired) electrons. The lowest BCUT2D eigenvalue weighted by Crippen LogP contribution is -2.13. The molecule has 0 aromatic heterocycles. The van der Waals surface area contributed by atoms with Crippen LogP contribution in [0.2, 0.25) is 5.02 Å². The van der Waals surface area contributed by atoms with Crippen LogP contribution < -0.4 is 5.32 Å². The van der Waals surface area contributed by atoms with Gasteiger partial charge in [-0.25, -0.2) is 0 Å². The van der Waals surface area contributed by atoms with Crippen molar-refractivity contribution in [1.82, 2.24) is 0 Å². The van der Waals surface area contributed by atoms with Gasteiger partial charge in [0, 0.05) is 33.3 Å². The molecule has 0 fully saturated rings. The van der Waals surface area contributed by atoms with E-state index in [-0.39, 0.29) is 5.91 Å². The summed E-state index contributed by atoms with van der Waals surface area (Å²) < 4.78 is 11.3. The Hall–Kier alpha value is -1.65. The highest BCUT2D eigenvalue weighted by atomic mass is 35.5. The van der Waals surface area contributed by atoms with Gasteiger partial charge >= 0.3 is 0 Å². The predicted octanol–water partition coefficient (Wildman–Crippen LogP) is 3.47. The van der Waals surface area contributed by atoms with E-state index in [9.17, 15) is 9.00 Å². The van der Waals surface area contributed by atoms with Crippen LogP contribution in [0, 0.1) is 0 Å². The molecule has 0 saturated heterocycles. The van der Waals surface area contributed by atoms with Crippen molar-refractivity contribution in [2.75, 3.05) is 11.6 Å². The molecule has 2 aromatic carbocycles. The van der Waals surface area contributed by atoms with Crippen LogP contribution in [0.3, 0.4) is 0 Å². The van der Waals surface area contributed by atoms with Crippen molar-refractivity contribution in [3.8, 4) is 0 Å². The quantitative estimate of drug-likeness (QED) is 0.940. The van der Waals surface area contributed by atoms with E-state index in [1.165, 1.54) is 0 Å². The fraction of sp³-hybridized carbons (Fsp3) is 0.133. The summed E-state index contributed by atoms with van der Waals surface area (Å²) in [5, 5.41) is 3.42. The predicted molar refractivity (Wildman–Crippen MR) is 83.6 cm³/mol. The molecule has 1 unspecified atom stereocenters. The molecule has 104 valence electrons. The number of benzene rings is 2. The first-order valence-corrected chi connectivity index (χ1v) is 8.11. The lowest BCUT2D eigenvalue weighted by molar-refractivity contribution is 0.102. The van der Waals surface area contributed by atoms with Crippen LogP contribution in [0.1, 0.15) is 15.9 Å². The maximum absolute atomic E-state index is 12.1. The number of para-hydroxylation sites is 1. The summed E-state index contributed by atoms with van der Waals surface area (Å²) in [7, 11) is -0.958. The smallest absolute Gasteiger partial charge is 0.255 e. The molecule has 0 aliphatic carbocycles. The molecular formula is C15H14ClNO2S. The summed E-state index contributed by atoms with van der Waals surface area (Å²) in [6.45, 7) is 0. The second kappa shape index (κ2) is 6.68. The van der Waals surface area contributed by atoms with Gasteiger partial charge < -0.3 is 5.32 Å². The number of amides is 1. The Labute approximate surface area is 125 Å². The van der Waals surface area contributed by atoms with E-state index in [1.54, 1.807) is 36.6 Å². The largest absolute Gasteiger partial charge is 0.322 e. The first kappa shape index (κ1) is 14.8. The van der Waals surface area contributed by atoms with Crippen molar-refractivity contribution in [3.63, 3.8) is 0 Å².